The number of benzene rings is 2. The zero-order chi connectivity index (χ0) is 16.9. The van der Waals surface area contributed by atoms with Crippen molar-refractivity contribution in [3.8, 4) is 22.9 Å². The van der Waals surface area contributed by atoms with Gasteiger partial charge in [0.1, 0.15) is 16.5 Å². The molecule has 0 saturated heterocycles. The lowest BCUT2D eigenvalue weighted by molar-refractivity contribution is 0.410. The minimum Gasteiger partial charge on any atom is -0.497 e. The maximum absolute atomic E-state index is 6.28. The fourth-order valence-corrected chi connectivity index (χ4v) is 2.29. The summed E-state index contributed by atoms with van der Waals surface area (Å²) in [6.45, 7) is 0. The lowest BCUT2D eigenvalue weighted by Crippen LogP contribution is -1.84. The summed E-state index contributed by atoms with van der Waals surface area (Å²) in [5.41, 5.74) is 1.73. The summed E-state index contributed by atoms with van der Waals surface area (Å²) >= 11 is 6.28. The lowest BCUT2D eigenvalue weighted by Gasteiger charge is -1.99. The molecule has 0 atom stereocenters. The Morgan fingerprint density at radius 1 is 0.958 bits per heavy atom. The van der Waals surface area contributed by atoms with Gasteiger partial charge in [0.25, 0.3) is 5.89 Å². The highest BCUT2D eigenvalue weighted by atomic mass is 35.5. The van der Waals surface area contributed by atoms with E-state index in [2.05, 4.69) is 10.1 Å². The van der Waals surface area contributed by atoms with Crippen molar-refractivity contribution in [2.75, 3.05) is 14.2 Å². The minimum atomic E-state index is 0.262. The van der Waals surface area contributed by atoms with Crippen molar-refractivity contribution in [1.82, 2.24) is 10.1 Å². The van der Waals surface area contributed by atoms with E-state index in [1.165, 1.54) is 0 Å². The first-order chi connectivity index (χ1) is 11.7. The molecule has 0 bridgehead atoms. The SMILES string of the molecule is COc1ccc(/C=C(\Cl)c2nc(-c3ccc(OC)cc3)no2)cc1. The van der Waals surface area contributed by atoms with E-state index in [-0.39, 0.29) is 5.89 Å². The second-order valence-electron chi connectivity index (χ2n) is 4.92. The third-order valence-corrected chi connectivity index (χ3v) is 3.66. The van der Waals surface area contributed by atoms with Gasteiger partial charge in [0.15, 0.2) is 0 Å². The molecule has 1 heterocycles. The van der Waals surface area contributed by atoms with Gasteiger partial charge in [0.2, 0.25) is 5.82 Å². The predicted octanol–water partition coefficient (Wildman–Crippen LogP) is 4.49. The van der Waals surface area contributed by atoms with Gasteiger partial charge in [-0.05, 0) is 48.0 Å². The molecule has 0 aliphatic rings. The van der Waals surface area contributed by atoms with Crippen LogP contribution in [0.4, 0.5) is 0 Å². The van der Waals surface area contributed by atoms with Gasteiger partial charge in [-0.25, -0.2) is 0 Å². The Morgan fingerprint density at radius 2 is 1.54 bits per heavy atom. The van der Waals surface area contributed by atoms with E-state index in [1.807, 2.05) is 48.5 Å². The van der Waals surface area contributed by atoms with E-state index in [0.717, 1.165) is 22.6 Å². The number of nitrogens with zero attached hydrogens (tertiary/aromatic N) is 2. The zero-order valence-corrected chi connectivity index (χ0v) is 13.9. The number of ether oxygens (including phenoxy) is 2. The van der Waals surface area contributed by atoms with Gasteiger partial charge < -0.3 is 14.0 Å². The molecule has 24 heavy (non-hydrogen) atoms. The molecular formula is C18H15ClN2O3. The van der Waals surface area contributed by atoms with Gasteiger partial charge in [-0.3, -0.25) is 0 Å². The van der Waals surface area contributed by atoms with Crippen molar-refractivity contribution in [2.45, 2.75) is 0 Å². The molecule has 2 aromatic carbocycles. The first-order valence-electron chi connectivity index (χ1n) is 7.19. The Kier molecular flexibility index (Phi) is 4.82. The van der Waals surface area contributed by atoms with E-state index < -0.39 is 0 Å². The van der Waals surface area contributed by atoms with Crippen LogP contribution in [0.2, 0.25) is 0 Å². The van der Waals surface area contributed by atoms with Gasteiger partial charge in [0.05, 0.1) is 14.2 Å². The second kappa shape index (κ2) is 7.19. The Balaban J connectivity index is 1.81. The molecule has 0 unspecified atom stereocenters. The summed E-state index contributed by atoms with van der Waals surface area (Å²) in [4.78, 5) is 4.32. The molecule has 6 heteroatoms. The van der Waals surface area contributed by atoms with Crippen LogP contribution in [0, 0.1) is 0 Å². The topological polar surface area (TPSA) is 57.4 Å². The molecule has 122 valence electrons. The monoisotopic (exact) mass is 342 g/mol. The predicted molar refractivity (Wildman–Crippen MR) is 93.0 cm³/mol. The van der Waals surface area contributed by atoms with Crippen LogP contribution >= 0.6 is 11.6 Å². The maximum Gasteiger partial charge on any atom is 0.269 e. The fourth-order valence-electron chi connectivity index (χ4n) is 2.09. The number of halogens is 1. The van der Waals surface area contributed by atoms with E-state index in [4.69, 9.17) is 25.6 Å². The molecule has 0 N–H and O–H groups in total. The van der Waals surface area contributed by atoms with Gasteiger partial charge in [-0.1, -0.05) is 28.9 Å². The van der Waals surface area contributed by atoms with Crippen molar-refractivity contribution in [3.05, 3.63) is 60.0 Å². The van der Waals surface area contributed by atoms with Crippen molar-refractivity contribution < 1.29 is 14.0 Å². The van der Waals surface area contributed by atoms with Crippen molar-refractivity contribution in [1.29, 1.82) is 0 Å². The van der Waals surface area contributed by atoms with Gasteiger partial charge in [-0.2, -0.15) is 4.98 Å². The average Bonchev–Trinajstić information content (AvgIpc) is 3.13. The van der Waals surface area contributed by atoms with Crippen LogP contribution in [-0.2, 0) is 0 Å². The van der Waals surface area contributed by atoms with E-state index >= 15 is 0 Å². The van der Waals surface area contributed by atoms with Crippen LogP contribution < -0.4 is 9.47 Å². The molecule has 0 amide bonds. The number of rotatable bonds is 5. The third kappa shape index (κ3) is 3.58. The minimum absolute atomic E-state index is 0.262. The smallest absolute Gasteiger partial charge is 0.269 e. The Hall–Kier alpha value is -2.79. The van der Waals surface area contributed by atoms with Crippen LogP contribution in [0.5, 0.6) is 11.5 Å². The molecule has 3 aromatic rings. The van der Waals surface area contributed by atoms with Crippen molar-refractivity contribution >= 4 is 22.7 Å². The Morgan fingerprint density at radius 3 is 2.12 bits per heavy atom. The Bertz CT molecular complexity index is 839. The summed E-state index contributed by atoms with van der Waals surface area (Å²) in [6, 6.07) is 14.9. The standard InChI is InChI=1S/C18H15ClN2O3/c1-22-14-7-3-12(4-8-14)11-16(19)18-20-17(21-24-18)13-5-9-15(23-2)10-6-13/h3-11H,1-2H3/b16-11-. The molecule has 1 aromatic heterocycles. The number of aromatic nitrogens is 2. The maximum atomic E-state index is 6.28. The largest absolute Gasteiger partial charge is 0.497 e. The molecule has 0 saturated carbocycles. The van der Waals surface area contributed by atoms with Crippen LogP contribution in [0.25, 0.3) is 22.5 Å². The number of hydrogen-bond donors (Lipinski definition) is 0. The molecule has 0 spiro atoms. The number of methoxy groups -OCH3 is 2. The van der Waals surface area contributed by atoms with Gasteiger partial charge in [-0.15, -0.1) is 0 Å². The first kappa shape index (κ1) is 16.1. The average molecular weight is 343 g/mol. The van der Waals surface area contributed by atoms with E-state index in [1.54, 1.807) is 20.3 Å². The highest BCUT2D eigenvalue weighted by Gasteiger charge is 2.11. The van der Waals surface area contributed by atoms with Crippen LogP contribution in [0.15, 0.2) is 53.1 Å². The van der Waals surface area contributed by atoms with E-state index in [9.17, 15) is 0 Å². The van der Waals surface area contributed by atoms with Crippen LogP contribution in [-0.4, -0.2) is 24.4 Å². The summed E-state index contributed by atoms with van der Waals surface area (Å²) in [6.07, 6.45) is 1.76. The molecule has 0 radical (unpaired) electrons. The lowest BCUT2D eigenvalue weighted by atomic mass is 10.2. The zero-order valence-electron chi connectivity index (χ0n) is 13.2. The normalized spacial score (nSPS) is 11.4. The summed E-state index contributed by atoms with van der Waals surface area (Å²) in [5, 5.41) is 4.33. The molecule has 5 nitrogen and oxygen atoms in total. The van der Waals surface area contributed by atoms with Crippen molar-refractivity contribution in [2.24, 2.45) is 0 Å². The van der Waals surface area contributed by atoms with Crippen molar-refractivity contribution in [3.63, 3.8) is 0 Å². The summed E-state index contributed by atoms with van der Waals surface area (Å²) in [7, 11) is 3.24. The summed E-state index contributed by atoms with van der Waals surface area (Å²) < 4.78 is 15.5. The third-order valence-electron chi connectivity index (χ3n) is 3.39. The highest BCUT2D eigenvalue weighted by Crippen LogP contribution is 2.25. The second-order valence-corrected chi connectivity index (χ2v) is 5.32. The van der Waals surface area contributed by atoms with Crippen LogP contribution in [0.1, 0.15) is 11.5 Å². The summed E-state index contributed by atoms with van der Waals surface area (Å²) in [5.74, 6) is 2.27. The molecular weight excluding hydrogens is 328 g/mol. The van der Waals surface area contributed by atoms with E-state index in [0.29, 0.717) is 10.9 Å². The van der Waals surface area contributed by atoms with Gasteiger partial charge in [0, 0.05) is 5.56 Å². The quantitative estimate of drug-likeness (QED) is 0.683. The fraction of sp³-hybridized carbons (Fsp3) is 0.111. The molecule has 3 rings (SSSR count). The van der Waals surface area contributed by atoms with Crippen LogP contribution in [0.3, 0.4) is 0 Å². The molecule has 0 aliphatic heterocycles. The number of hydrogen-bond acceptors (Lipinski definition) is 5. The van der Waals surface area contributed by atoms with Gasteiger partial charge >= 0.3 is 0 Å². The Labute approximate surface area is 144 Å². The first-order valence-corrected chi connectivity index (χ1v) is 7.57. The highest BCUT2D eigenvalue weighted by molar-refractivity contribution is 6.50. The molecule has 0 aliphatic carbocycles. The molecule has 0 fully saturated rings.